The topological polar surface area (TPSA) is 93.4 Å². The van der Waals surface area contributed by atoms with Crippen LogP contribution in [-0.4, -0.2) is 38.9 Å². The Morgan fingerprint density at radius 2 is 1.90 bits per heavy atom. The maximum atomic E-state index is 12.6. The zero-order valence-corrected chi connectivity index (χ0v) is 18.3. The number of carbonyl (C=O) groups is 2. The highest BCUT2D eigenvalue weighted by Crippen LogP contribution is 2.25. The minimum atomic E-state index is -0.516. The van der Waals surface area contributed by atoms with Crippen LogP contribution in [0.4, 0.5) is 5.69 Å². The number of nitrogens with one attached hydrogen (secondary N) is 1. The van der Waals surface area contributed by atoms with Crippen molar-refractivity contribution >= 4 is 46.8 Å². The largest absolute Gasteiger partial charge is 0.330 e. The van der Waals surface area contributed by atoms with Gasteiger partial charge in [0, 0.05) is 37.9 Å². The van der Waals surface area contributed by atoms with E-state index in [2.05, 4.69) is 5.32 Å². The molecule has 0 saturated heterocycles. The number of rotatable bonds is 7. The molecule has 160 valence electrons. The molecular weight excluding hydrogens is 431 g/mol. The van der Waals surface area contributed by atoms with E-state index in [0.29, 0.717) is 28.7 Å². The lowest BCUT2D eigenvalue weighted by Gasteiger charge is -2.20. The molecule has 1 N–H and O–H groups in total. The second-order valence-corrected chi connectivity index (χ2v) is 7.45. The summed E-state index contributed by atoms with van der Waals surface area (Å²) in [5, 5.41) is 3.37. The van der Waals surface area contributed by atoms with Crippen molar-refractivity contribution in [1.82, 2.24) is 14.0 Å². The van der Waals surface area contributed by atoms with E-state index in [9.17, 15) is 19.2 Å². The lowest BCUT2D eigenvalue weighted by atomic mass is 10.2. The molecule has 0 aliphatic heterocycles. The third-order valence-electron chi connectivity index (χ3n) is 4.22. The van der Waals surface area contributed by atoms with Crippen LogP contribution in [0.25, 0.3) is 6.08 Å². The fourth-order valence-corrected chi connectivity index (χ4v) is 3.05. The van der Waals surface area contributed by atoms with Crippen LogP contribution in [0.2, 0.25) is 10.0 Å². The Bertz CT molecular complexity index is 1100. The minimum Gasteiger partial charge on any atom is -0.330 e. The van der Waals surface area contributed by atoms with Crippen molar-refractivity contribution in [3.05, 3.63) is 66.9 Å². The molecule has 0 aliphatic carbocycles. The van der Waals surface area contributed by atoms with Crippen LogP contribution in [0.15, 0.2) is 40.1 Å². The minimum absolute atomic E-state index is 0.180. The normalized spacial score (nSPS) is 11.0. The molecule has 0 bridgehead atoms. The molecule has 10 heteroatoms. The van der Waals surface area contributed by atoms with Crippen molar-refractivity contribution in [1.29, 1.82) is 0 Å². The monoisotopic (exact) mass is 452 g/mol. The third-order valence-corrected chi connectivity index (χ3v) is 4.79. The molecular formula is C20H22Cl2N4O4. The second-order valence-electron chi connectivity index (χ2n) is 6.61. The molecule has 2 amide bonds. The van der Waals surface area contributed by atoms with Gasteiger partial charge in [-0.25, -0.2) is 4.79 Å². The number of aryl methyl sites for hydroxylation is 1. The van der Waals surface area contributed by atoms with E-state index in [1.54, 1.807) is 12.1 Å². The van der Waals surface area contributed by atoms with E-state index >= 15 is 0 Å². The molecule has 0 saturated carbocycles. The van der Waals surface area contributed by atoms with Crippen LogP contribution >= 0.6 is 23.2 Å². The van der Waals surface area contributed by atoms with E-state index < -0.39 is 23.1 Å². The van der Waals surface area contributed by atoms with Gasteiger partial charge in [-0.15, -0.1) is 0 Å². The van der Waals surface area contributed by atoms with Crippen LogP contribution in [0.1, 0.15) is 18.9 Å². The summed E-state index contributed by atoms with van der Waals surface area (Å²) in [7, 11) is 2.87. The first-order chi connectivity index (χ1) is 14.1. The molecule has 1 aromatic carbocycles. The number of hydrogen-bond acceptors (Lipinski definition) is 4. The summed E-state index contributed by atoms with van der Waals surface area (Å²) < 4.78 is 2.20. The van der Waals surface area contributed by atoms with Crippen LogP contribution in [0, 0.1) is 0 Å². The standard InChI is InChI=1S/C20H22Cl2N4O4/c1-4-9-26(12-17(27)23-16-10-14(21)6-7-15(16)22)18(28)8-5-13-11-24(2)20(30)25(3)19(13)29/h5-8,10-11H,4,9,12H2,1-3H3,(H,23,27)/b8-5+. The maximum absolute atomic E-state index is 12.6. The number of carbonyl (C=O) groups excluding carboxylic acids is 2. The summed E-state index contributed by atoms with van der Waals surface area (Å²) in [5.74, 6) is -0.882. The molecule has 0 unspecified atom stereocenters. The van der Waals surface area contributed by atoms with Gasteiger partial charge in [0.1, 0.15) is 6.54 Å². The Balaban J connectivity index is 2.15. The molecule has 2 rings (SSSR count). The van der Waals surface area contributed by atoms with Crippen molar-refractivity contribution in [3.63, 3.8) is 0 Å². The van der Waals surface area contributed by atoms with E-state index in [4.69, 9.17) is 23.2 Å². The molecule has 0 radical (unpaired) electrons. The summed E-state index contributed by atoms with van der Waals surface area (Å²) in [6.07, 6.45) is 4.52. The van der Waals surface area contributed by atoms with Crippen molar-refractivity contribution in [3.8, 4) is 0 Å². The third kappa shape index (κ3) is 5.84. The molecule has 8 nitrogen and oxygen atoms in total. The van der Waals surface area contributed by atoms with Crippen LogP contribution in [0.5, 0.6) is 0 Å². The average Bonchev–Trinajstić information content (AvgIpc) is 2.70. The predicted molar refractivity (Wildman–Crippen MR) is 118 cm³/mol. The molecule has 0 aliphatic rings. The van der Waals surface area contributed by atoms with E-state index in [-0.39, 0.29) is 12.1 Å². The van der Waals surface area contributed by atoms with Gasteiger partial charge >= 0.3 is 5.69 Å². The second kappa shape index (κ2) is 10.3. The van der Waals surface area contributed by atoms with Gasteiger partial charge in [-0.3, -0.25) is 19.0 Å². The first-order valence-corrected chi connectivity index (χ1v) is 9.88. The van der Waals surface area contributed by atoms with E-state index in [0.717, 1.165) is 4.57 Å². The fourth-order valence-electron chi connectivity index (χ4n) is 2.71. The van der Waals surface area contributed by atoms with Gasteiger partial charge in [-0.05, 0) is 30.7 Å². The number of benzene rings is 1. The number of aromatic nitrogens is 2. The Kier molecular flexibility index (Phi) is 8.02. The summed E-state index contributed by atoms with van der Waals surface area (Å²) >= 11 is 12.0. The Labute approximate surface area is 183 Å². The van der Waals surface area contributed by atoms with Crippen LogP contribution in [0.3, 0.4) is 0 Å². The fraction of sp³-hybridized carbons (Fsp3) is 0.300. The highest BCUT2D eigenvalue weighted by Gasteiger charge is 2.16. The first kappa shape index (κ1) is 23.4. The summed E-state index contributed by atoms with van der Waals surface area (Å²) in [4.78, 5) is 50.3. The lowest BCUT2D eigenvalue weighted by molar-refractivity contribution is -0.130. The van der Waals surface area contributed by atoms with Gasteiger partial charge in [-0.1, -0.05) is 30.1 Å². The smallest absolute Gasteiger partial charge is 0.330 e. The lowest BCUT2D eigenvalue weighted by Crippen LogP contribution is -2.38. The molecule has 0 fully saturated rings. The predicted octanol–water partition coefficient (Wildman–Crippen LogP) is 2.28. The van der Waals surface area contributed by atoms with Crippen molar-refractivity contribution in [2.24, 2.45) is 14.1 Å². The quantitative estimate of drug-likeness (QED) is 0.651. The number of amides is 2. The van der Waals surface area contributed by atoms with Crippen molar-refractivity contribution < 1.29 is 9.59 Å². The zero-order chi connectivity index (χ0) is 22.4. The van der Waals surface area contributed by atoms with Crippen molar-refractivity contribution in [2.75, 3.05) is 18.4 Å². The van der Waals surface area contributed by atoms with Gasteiger partial charge < -0.3 is 14.8 Å². The Morgan fingerprint density at radius 3 is 2.57 bits per heavy atom. The van der Waals surface area contributed by atoms with Crippen molar-refractivity contribution in [2.45, 2.75) is 13.3 Å². The van der Waals surface area contributed by atoms with Crippen LogP contribution in [-0.2, 0) is 23.7 Å². The van der Waals surface area contributed by atoms with Crippen LogP contribution < -0.4 is 16.6 Å². The van der Waals surface area contributed by atoms with Gasteiger partial charge in [0.15, 0.2) is 0 Å². The van der Waals surface area contributed by atoms with E-state index in [1.165, 1.54) is 48.0 Å². The molecule has 0 spiro atoms. The highest BCUT2D eigenvalue weighted by atomic mass is 35.5. The summed E-state index contributed by atoms with van der Waals surface area (Å²) in [6.45, 7) is 2.01. The molecule has 1 heterocycles. The number of halogens is 2. The van der Waals surface area contributed by atoms with Gasteiger partial charge in [0.25, 0.3) is 5.56 Å². The number of anilines is 1. The summed E-state index contributed by atoms with van der Waals surface area (Å²) in [5.41, 5.74) is -0.452. The Morgan fingerprint density at radius 1 is 1.20 bits per heavy atom. The first-order valence-electron chi connectivity index (χ1n) is 9.12. The average molecular weight is 453 g/mol. The zero-order valence-electron chi connectivity index (χ0n) is 16.8. The molecule has 30 heavy (non-hydrogen) atoms. The SMILES string of the molecule is CCCN(CC(=O)Nc1cc(Cl)ccc1Cl)C(=O)/C=C/c1cn(C)c(=O)n(C)c1=O. The molecule has 2 aromatic rings. The molecule has 1 aromatic heterocycles. The molecule has 0 atom stereocenters. The number of nitrogens with zero attached hydrogens (tertiary/aromatic N) is 3. The van der Waals surface area contributed by atoms with Gasteiger partial charge in [0.05, 0.1) is 16.3 Å². The summed E-state index contributed by atoms with van der Waals surface area (Å²) in [6, 6.07) is 4.68. The van der Waals surface area contributed by atoms with E-state index in [1.807, 2.05) is 6.92 Å². The van der Waals surface area contributed by atoms with Gasteiger partial charge in [0.2, 0.25) is 11.8 Å². The number of hydrogen-bond donors (Lipinski definition) is 1. The van der Waals surface area contributed by atoms with Gasteiger partial charge in [-0.2, -0.15) is 0 Å². The maximum Gasteiger partial charge on any atom is 0.330 e. The highest BCUT2D eigenvalue weighted by molar-refractivity contribution is 6.35. The Hall–Kier alpha value is -2.84.